The monoisotopic (exact) mass is 418 g/mol. The molecule has 6 N–H and O–H groups in total. The molecule has 0 aromatic rings. The second kappa shape index (κ2) is 13.4. The Morgan fingerprint density at radius 3 is 2.11 bits per heavy atom. The Hall–Kier alpha value is -1.81. The molecular weight excluding hydrogens is 384 g/mol. The number of nitrogens with one attached hydrogen (secondary N) is 3. The van der Waals surface area contributed by atoms with Crippen LogP contribution < -0.4 is 21.7 Å². The van der Waals surface area contributed by atoms with Crippen LogP contribution in [-0.2, 0) is 19.2 Å². The van der Waals surface area contributed by atoms with Crippen LogP contribution >= 0.6 is 11.8 Å². The highest BCUT2D eigenvalue weighted by Gasteiger charge is 2.28. The van der Waals surface area contributed by atoms with Crippen molar-refractivity contribution in [3.63, 3.8) is 0 Å². The molecule has 9 nitrogen and oxygen atoms in total. The summed E-state index contributed by atoms with van der Waals surface area (Å²) in [5.41, 5.74) is 5.76. The summed E-state index contributed by atoms with van der Waals surface area (Å²) in [7, 11) is 0. The van der Waals surface area contributed by atoms with Crippen LogP contribution in [-0.4, -0.2) is 65.5 Å². The van der Waals surface area contributed by atoms with Crippen LogP contribution in [0.25, 0.3) is 0 Å². The first-order valence-electron chi connectivity index (χ1n) is 9.34. The maximum Gasteiger partial charge on any atom is 0.326 e. The van der Waals surface area contributed by atoms with Gasteiger partial charge in [-0.2, -0.15) is 11.8 Å². The molecule has 0 heterocycles. The summed E-state index contributed by atoms with van der Waals surface area (Å²) in [6.45, 7) is 7.04. The number of hydrogen-bond donors (Lipinski definition) is 5. The van der Waals surface area contributed by atoms with Crippen molar-refractivity contribution in [2.75, 3.05) is 18.6 Å². The van der Waals surface area contributed by atoms with Gasteiger partial charge in [-0.05, 0) is 36.7 Å². The molecule has 0 aromatic heterocycles. The van der Waals surface area contributed by atoms with Crippen LogP contribution in [0.4, 0.5) is 0 Å². The standard InChI is InChI=1S/C18H34N4O5S/c1-10(2)8-12(19)16(24)20-9-14(23)22-15(11(3)4)17(25)21-13(18(26)27)6-7-28-5/h10-13,15H,6-9,19H2,1-5H3,(H,20,24)(H,21,25)(H,22,23)(H,26,27). The van der Waals surface area contributed by atoms with Crippen molar-refractivity contribution >= 4 is 35.5 Å². The summed E-state index contributed by atoms with van der Waals surface area (Å²) in [5, 5.41) is 16.7. The summed E-state index contributed by atoms with van der Waals surface area (Å²) in [5.74, 6) is -2.11. The van der Waals surface area contributed by atoms with Crippen LogP contribution in [0.5, 0.6) is 0 Å². The fourth-order valence-electron chi connectivity index (χ4n) is 2.43. The third-order valence-corrected chi connectivity index (χ3v) is 4.62. The van der Waals surface area contributed by atoms with Gasteiger partial charge < -0.3 is 26.8 Å². The van der Waals surface area contributed by atoms with Crippen molar-refractivity contribution in [2.24, 2.45) is 17.6 Å². The van der Waals surface area contributed by atoms with Gasteiger partial charge in [0.15, 0.2) is 0 Å². The molecule has 10 heteroatoms. The molecule has 3 amide bonds. The van der Waals surface area contributed by atoms with Gasteiger partial charge in [0.1, 0.15) is 12.1 Å². The molecule has 0 aliphatic carbocycles. The lowest BCUT2D eigenvalue weighted by Crippen LogP contribution is -2.55. The summed E-state index contributed by atoms with van der Waals surface area (Å²) >= 11 is 1.48. The summed E-state index contributed by atoms with van der Waals surface area (Å²) in [4.78, 5) is 47.8. The third kappa shape index (κ3) is 10.5. The first-order chi connectivity index (χ1) is 13.0. The van der Waals surface area contributed by atoms with Crippen molar-refractivity contribution in [2.45, 2.75) is 58.7 Å². The molecule has 0 aromatic carbocycles. The van der Waals surface area contributed by atoms with Gasteiger partial charge in [0, 0.05) is 0 Å². The van der Waals surface area contributed by atoms with Gasteiger partial charge in [0.05, 0.1) is 12.6 Å². The average molecular weight is 419 g/mol. The van der Waals surface area contributed by atoms with Crippen LogP contribution in [0.2, 0.25) is 0 Å². The van der Waals surface area contributed by atoms with E-state index < -0.39 is 41.8 Å². The highest BCUT2D eigenvalue weighted by Crippen LogP contribution is 2.06. The molecule has 0 aliphatic heterocycles. The predicted octanol–water partition coefficient (Wildman–Crippen LogP) is -0.0607. The number of aliphatic carboxylic acids is 1. The van der Waals surface area contributed by atoms with Crippen molar-refractivity contribution in [1.29, 1.82) is 0 Å². The Morgan fingerprint density at radius 1 is 1.04 bits per heavy atom. The quantitative estimate of drug-likeness (QED) is 0.281. The molecule has 162 valence electrons. The van der Waals surface area contributed by atoms with Gasteiger partial charge in [-0.15, -0.1) is 0 Å². The maximum absolute atomic E-state index is 12.5. The van der Waals surface area contributed by atoms with E-state index >= 15 is 0 Å². The predicted molar refractivity (Wildman–Crippen MR) is 110 cm³/mol. The zero-order valence-corrected chi connectivity index (χ0v) is 18.1. The number of nitrogens with two attached hydrogens (primary N) is 1. The smallest absolute Gasteiger partial charge is 0.326 e. The third-order valence-electron chi connectivity index (χ3n) is 3.98. The molecule has 0 radical (unpaired) electrons. The molecule has 0 saturated heterocycles. The molecule has 0 saturated carbocycles. The number of carboxylic acid groups (broad SMARTS) is 1. The van der Waals surface area contributed by atoms with Gasteiger partial charge in [0.25, 0.3) is 0 Å². The van der Waals surface area contributed by atoms with Crippen molar-refractivity contribution < 1.29 is 24.3 Å². The van der Waals surface area contributed by atoms with Crippen LogP contribution in [0, 0.1) is 11.8 Å². The van der Waals surface area contributed by atoms with Crippen molar-refractivity contribution in [3.8, 4) is 0 Å². The minimum atomic E-state index is -1.12. The largest absolute Gasteiger partial charge is 0.480 e. The molecule has 0 fully saturated rings. The molecule has 3 atom stereocenters. The van der Waals surface area contributed by atoms with E-state index in [1.54, 1.807) is 13.8 Å². The van der Waals surface area contributed by atoms with Crippen molar-refractivity contribution in [3.05, 3.63) is 0 Å². The number of amides is 3. The topological polar surface area (TPSA) is 151 Å². The highest BCUT2D eigenvalue weighted by atomic mass is 32.2. The van der Waals surface area contributed by atoms with E-state index in [0.717, 1.165) is 0 Å². The van der Waals surface area contributed by atoms with E-state index in [2.05, 4.69) is 16.0 Å². The van der Waals surface area contributed by atoms with Gasteiger partial charge in [-0.25, -0.2) is 4.79 Å². The molecule has 28 heavy (non-hydrogen) atoms. The molecular formula is C18H34N4O5S. The number of carboxylic acids is 1. The lowest BCUT2D eigenvalue weighted by Gasteiger charge is -2.24. The summed E-state index contributed by atoms with van der Waals surface area (Å²) < 4.78 is 0. The van der Waals surface area contributed by atoms with E-state index in [0.29, 0.717) is 12.2 Å². The van der Waals surface area contributed by atoms with Crippen LogP contribution in [0.1, 0.15) is 40.5 Å². The zero-order chi connectivity index (χ0) is 21.9. The summed E-state index contributed by atoms with van der Waals surface area (Å²) in [6, 6.07) is -2.64. The Labute approximate surface area is 170 Å². The van der Waals surface area contributed by atoms with Gasteiger partial charge >= 0.3 is 5.97 Å². The lowest BCUT2D eigenvalue weighted by molar-refractivity contribution is -0.142. The van der Waals surface area contributed by atoms with Gasteiger partial charge in [-0.3, -0.25) is 14.4 Å². The SMILES string of the molecule is CSCCC(NC(=O)C(NC(=O)CNC(=O)C(N)CC(C)C)C(C)C)C(=O)O. The number of carbonyl (C=O) groups excluding carboxylic acids is 3. The molecule has 3 unspecified atom stereocenters. The second-order valence-corrected chi connectivity index (χ2v) is 8.41. The number of rotatable bonds is 13. The van der Waals surface area contributed by atoms with Gasteiger partial charge in [0.2, 0.25) is 17.7 Å². The zero-order valence-electron chi connectivity index (χ0n) is 17.3. The first-order valence-corrected chi connectivity index (χ1v) is 10.7. The fourth-order valence-corrected chi connectivity index (χ4v) is 2.90. The second-order valence-electron chi connectivity index (χ2n) is 7.42. The number of hydrogen-bond acceptors (Lipinski definition) is 6. The van der Waals surface area contributed by atoms with E-state index in [4.69, 9.17) is 5.73 Å². The average Bonchev–Trinajstić information content (AvgIpc) is 2.59. The first kappa shape index (κ1) is 26.2. The minimum absolute atomic E-state index is 0.247. The summed E-state index contributed by atoms with van der Waals surface area (Å²) in [6.07, 6.45) is 2.63. The Bertz CT molecular complexity index is 542. The molecule has 0 bridgehead atoms. The van der Waals surface area contributed by atoms with E-state index in [9.17, 15) is 24.3 Å². The van der Waals surface area contributed by atoms with Gasteiger partial charge in [-0.1, -0.05) is 27.7 Å². The van der Waals surface area contributed by atoms with E-state index in [-0.39, 0.29) is 24.8 Å². The van der Waals surface area contributed by atoms with E-state index in [1.807, 2.05) is 20.1 Å². The van der Waals surface area contributed by atoms with Crippen LogP contribution in [0.15, 0.2) is 0 Å². The number of thioether (sulfide) groups is 1. The molecule has 0 aliphatic rings. The molecule has 0 spiro atoms. The Balaban J connectivity index is 4.74. The molecule has 0 rings (SSSR count). The lowest BCUT2D eigenvalue weighted by atomic mass is 10.0. The van der Waals surface area contributed by atoms with Crippen molar-refractivity contribution in [1.82, 2.24) is 16.0 Å². The van der Waals surface area contributed by atoms with Crippen LogP contribution in [0.3, 0.4) is 0 Å². The normalized spacial score (nSPS) is 14.3. The minimum Gasteiger partial charge on any atom is -0.480 e. The highest BCUT2D eigenvalue weighted by molar-refractivity contribution is 7.98. The maximum atomic E-state index is 12.5. The van der Waals surface area contributed by atoms with E-state index in [1.165, 1.54) is 11.8 Å². The number of carbonyl (C=O) groups is 4. The Morgan fingerprint density at radius 2 is 1.64 bits per heavy atom. The fraction of sp³-hybridized carbons (Fsp3) is 0.778. The Kier molecular flexibility index (Phi) is 12.5.